The number of aromatic amines is 1. The second-order valence-electron chi connectivity index (χ2n) is 12.5. The van der Waals surface area contributed by atoms with Crippen LogP contribution in [0.3, 0.4) is 0 Å². The van der Waals surface area contributed by atoms with Crippen LogP contribution in [-0.4, -0.2) is 65.5 Å². The van der Waals surface area contributed by atoms with Gasteiger partial charge in [-0.25, -0.2) is 0 Å². The maximum Gasteiger partial charge on any atom is 0.267 e. The molecule has 5 heterocycles. The van der Waals surface area contributed by atoms with Crippen LogP contribution in [0.25, 0.3) is 21.9 Å². The van der Waals surface area contributed by atoms with Crippen molar-refractivity contribution in [3.63, 3.8) is 0 Å². The van der Waals surface area contributed by atoms with Gasteiger partial charge in [-0.05, 0) is 94.3 Å². The van der Waals surface area contributed by atoms with Crippen molar-refractivity contribution in [2.45, 2.75) is 70.6 Å². The minimum Gasteiger partial charge on any atom is -0.488 e. The zero-order valence-corrected chi connectivity index (χ0v) is 24.2. The molecule has 2 atom stereocenters. The Kier molecular flexibility index (Phi) is 7.48. The molecular formula is C34H42N4O3. The molecular weight excluding hydrogens is 512 g/mol. The highest BCUT2D eigenvalue weighted by atomic mass is 16.5. The summed E-state index contributed by atoms with van der Waals surface area (Å²) >= 11 is 0. The van der Waals surface area contributed by atoms with E-state index in [0.717, 1.165) is 71.1 Å². The van der Waals surface area contributed by atoms with Crippen LogP contribution in [-0.2, 0) is 6.61 Å². The molecule has 0 bridgehead atoms. The molecule has 3 fully saturated rings. The van der Waals surface area contributed by atoms with Crippen molar-refractivity contribution in [3.05, 3.63) is 65.5 Å². The Morgan fingerprint density at radius 2 is 1.88 bits per heavy atom. The number of ether oxygens (including phenoxy) is 1. The van der Waals surface area contributed by atoms with E-state index in [1.165, 1.54) is 57.3 Å². The second kappa shape index (κ2) is 11.5. The van der Waals surface area contributed by atoms with Crippen molar-refractivity contribution < 1.29 is 13.9 Å². The summed E-state index contributed by atoms with van der Waals surface area (Å²) < 4.78 is 12.0. The molecule has 7 heteroatoms. The molecule has 1 amide bonds. The maximum atomic E-state index is 13.3. The van der Waals surface area contributed by atoms with E-state index in [2.05, 4.69) is 39.2 Å². The Labute approximate surface area is 242 Å². The Bertz CT molecular complexity index is 1510. The van der Waals surface area contributed by atoms with Crippen LogP contribution in [0, 0.1) is 12.8 Å². The molecule has 3 aliphatic rings. The number of H-pyrrole nitrogens is 1. The van der Waals surface area contributed by atoms with Crippen LogP contribution in [0.2, 0.25) is 0 Å². The van der Waals surface area contributed by atoms with Gasteiger partial charge in [-0.1, -0.05) is 24.6 Å². The fraction of sp³-hybridized carbons (Fsp3) is 0.500. The van der Waals surface area contributed by atoms with Crippen LogP contribution in [0.15, 0.2) is 53.1 Å². The summed E-state index contributed by atoms with van der Waals surface area (Å²) in [5.74, 6) is 1.54. The number of hydrogen-bond acceptors (Lipinski definition) is 5. The third-order valence-corrected chi connectivity index (χ3v) is 9.71. The number of likely N-dealkylation sites (tertiary alicyclic amines) is 1. The lowest BCUT2D eigenvalue weighted by Crippen LogP contribution is -2.52. The minimum absolute atomic E-state index is 0.0353. The third-order valence-electron chi connectivity index (χ3n) is 9.71. The second-order valence-corrected chi connectivity index (χ2v) is 12.5. The molecule has 3 saturated heterocycles. The quantitative estimate of drug-likeness (QED) is 0.282. The van der Waals surface area contributed by atoms with E-state index < -0.39 is 0 Å². The predicted octanol–water partition coefficient (Wildman–Crippen LogP) is 6.26. The number of piperidine rings is 3. The molecule has 2 aromatic heterocycles. The number of hydrogen-bond donors (Lipinski definition) is 2. The zero-order chi connectivity index (χ0) is 27.8. The van der Waals surface area contributed by atoms with Gasteiger partial charge in [0.05, 0.1) is 6.26 Å². The van der Waals surface area contributed by atoms with Crippen molar-refractivity contribution in [3.8, 4) is 5.75 Å². The number of nitrogens with zero attached hydrogens (tertiary/aromatic N) is 2. The van der Waals surface area contributed by atoms with E-state index in [9.17, 15) is 4.79 Å². The van der Waals surface area contributed by atoms with Crippen LogP contribution < -0.4 is 10.1 Å². The average Bonchev–Trinajstić information content (AvgIpc) is 3.62. The smallest absolute Gasteiger partial charge is 0.267 e. The van der Waals surface area contributed by atoms with Crippen molar-refractivity contribution in [1.29, 1.82) is 0 Å². The van der Waals surface area contributed by atoms with Crippen molar-refractivity contribution in [2.75, 3.05) is 32.7 Å². The van der Waals surface area contributed by atoms with E-state index in [0.29, 0.717) is 12.3 Å². The van der Waals surface area contributed by atoms with Gasteiger partial charge in [0.2, 0.25) is 0 Å². The highest BCUT2D eigenvalue weighted by molar-refractivity contribution is 5.99. The van der Waals surface area contributed by atoms with Gasteiger partial charge in [0.15, 0.2) is 0 Å². The summed E-state index contributed by atoms with van der Waals surface area (Å²) in [6.45, 7) is 8.43. The molecule has 7 nitrogen and oxygen atoms in total. The number of carbonyl (C=O) groups is 1. The Balaban J connectivity index is 0.948. The average molecular weight is 555 g/mol. The number of benzene rings is 2. The molecule has 2 N–H and O–H groups in total. The van der Waals surface area contributed by atoms with Crippen molar-refractivity contribution >= 4 is 27.8 Å². The number of amides is 1. The Hall–Kier alpha value is -3.29. The maximum absolute atomic E-state index is 13.3. The lowest BCUT2D eigenvalue weighted by molar-refractivity contribution is 0.0351. The summed E-state index contributed by atoms with van der Waals surface area (Å²) in [4.78, 5) is 22.0. The molecule has 0 spiro atoms. The number of carbonyl (C=O) groups excluding carboxylic acids is 1. The van der Waals surface area contributed by atoms with Crippen LogP contribution in [0.4, 0.5) is 0 Å². The molecule has 41 heavy (non-hydrogen) atoms. The Morgan fingerprint density at radius 1 is 1.00 bits per heavy atom. The molecule has 3 aliphatic heterocycles. The van der Waals surface area contributed by atoms with Gasteiger partial charge in [0.1, 0.15) is 23.6 Å². The number of rotatable bonds is 7. The van der Waals surface area contributed by atoms with E-state index in [4.69, 9.17) is 9.15 Å². The Morgan fingerprint density at radius 3 is 2.78 bits per heavy atom. The summed E-state index contributed by atoms with van der Waals surface area (Å²) in [5, 5.41) is 5.29. The zero-order valence-electron chi connectivity index (χ0n) is 24.2. The lowest BCUT2D eigenvalue weighted by atomic mass is 9.83. The first-order valence-corrected chi connectivity index (χ1v) is 15.6. The van der Waals surface area contributed by atoms with Crippen LogP contribution in [0.1, 0.15) is 66.6 Å². The van der Waals surface area contributed by atoms with Gasteiger partial charge in [-0.15, -0.1) is 0 Å². The molecule has 2 aromatic carbocycles. The van der Waals surface area contributed by atoms with Gasteiger partial charge in [-0.3, -0.25) is 4.79 Å². The largest absolute Gasteiger partial charge is 0.488 e. The topological polar surface area (TPSA) is 73.7 Å². The third kappa shape index (κ3) is 5.62. The van der Waals surface area contributed by atoms with Crippen molar-refractivity contribution in [1.82, 2.24) is 20.1 Å². The van der Waals surface area contributed by atoms with E-state index >= 15 is 0 Å². The fourth-order valence-corrected chi connectivity index (χ4v) is 7.48. The number of nitrogens with one attached hydrogen (secondary N) is 2. The van der Waals surface area contributed by atoms with Gasteiger partial charge >= 0.3 is 0 Å². The first-order valence-electron chi connectivity index (χ1n) is 15.6. The summed E-state index contributed by atoms with van der Waals surface area (Å²) in [5.41, 5.74) is 4.54. The minimum atomic E-state index is -0.0353. The lowest BCUT2D eigenvalue weighted by Gasteiger charge is -2.46. The molecule has 0 radical (unpaired) electrons. The fourth-order valence-electron chi connectivity index (χ4n) is 7.48. The normalized spacial score (nSPS) is 22.7. The molecule has 1 unspecified atom stereocenters. The monoisotopic (exact) mass is 554 g/mol. The van der Waals surface area contributed by atoms with E-state index in [-0.39, 0.29) is 11.9 Å². The summed E-state index contributed by atoms with van der Waals surface area (Å²) in [7, 11) is 0. The van der Waals surface area contributed by atoms with Gasteiger partial charge in [0.25, 0.3) is 5.91 Å². The van der Waals surface area contributed by atoms with Crippen molar-refractivity contribution in [2.24, 2.45) is 5.92 Å². The number of fused-ring (bicyclic) bond motifs is 3. The van der Waals surface area contributed by atoms with Gasteiger partial charge < -0.3 is 29.3 Å². The molecule has 0 saturated carbocycles. The number of aryl methyl sites for hydroxylation is 1. The highest BCUT2D eigenvalue weighted by Crippen LogP contribution is 2.32. The summed E-state index contributed by atoms with van der Waals surface area (Å²) in [6.07, 6.45) is 10.7. The number of furan rings is 1. The molecule has 7 rings (SSSR count). The van der Waals surface area contributed by atoms with Crippen LogP contribution in [0.5, 0.6) is 5.75 Å². The van der Waals surface area contributed by atoms with Gasteiger partial charge in [0, 0.05) is 53.6 Å². The summed E-state index contributed by atoms with van der Waals surface area (Å²) in [6, 6.07) is 15.1. The highest BCUT2D eigenvalue weighted by Gasteiger charge is 2.34. The molecule has 0 aliphatic carbocycles. The number of aromatic nitrogens is 1. The SMILES string of the molecule is Cc1ccc2c(COc3cccc4[nH]c(C(=O)NC5CCN(C[C@@H]6CCCN7CCCCC67)CC5)cc34)coc2c1. The van der Waals surface area contributed by atoms with E-state index in [1.54, 1.807) is 6.26 Å². The molecule has 4 aromatic rings. The van der Waals surface area contributed by atoms with Gasteiger partial charge in [-0.2, -0.15) is 0 Å². The first-order chi connectivity index (χ1) is 20.1. The van der Waals surface area contributed by atoms with Crippen LogP contribution >= 0.6 is 0 Å². The van der Waals surface area contributed by atoms with E-state index in [1.807, 2.05) is 30.3 Å². The first kappa shape index (κ1) is 26.6. The standard InChI is InChI=1S/C34H42N4O3/c1-23-10-11-27-25(22-41-33(27)18-23)21-40-32-9-4-7-29-28(32)19-30(36-29)34(39)35-26-12-16-37(17-13-26)20-24-6-5-15-38-14-3-2-8-31(24)38/h4,7,9-11,18-19,22,24,26,31,36H,2-3,5-6,8,12-17,20-21H2,1H3,(H,35,39)/t24-,31?/m0/s1. The predicted molar refractivity (Wildman–Crippen MR) is 162 cm³/mol. The molecule has 216 valence electrons.